The van der Waals surface area contributed by atoms with Crippen molar-refractivity contribution in [3.05, 3.63) is 29.0 Å². The Morgan fingerprint density at radius 2 is 2.00 bits per heavy atom. The first-order valence-electron chi connectivity index (χ1n) is 8.00. The molecule has 1 N–H and O–H groups in total. The smallest absolute Gasteiger partial charge is 0.0622 e. The summed E-state index contributed by atoms with van der Waals surface area (Å²) in [5.41, 5.74) is 1.03. The van der Waals surface area contributed by atoms with E-state index in [2.05, 4.69) is 4.98 Å². The zero-order valence-corrected chi connectivity index (χ0v) is 12.7. The Bertz CT molecular complexity index is 450. The summed E-state index contributed by atoms with van der Waals surface area (Å²) in [4.78, 5) is 4.01. The molecule has 4 atom stereocenters. The molecule has 0 radical (unpaired) electrons. The summed E-state index contributed by atoms with van der Waals surface area (Å²) in [6.45, 7) is 0. The van der Waals surface area contributed by atoms with E-state index in [0.717, 1.165) is 17.4 Å². The first-order valence-corrected chi connectivity index (χ1v) is 8.38. The first kappa shape index (κ1) is 14.3. The quantitative estimate of drug-likeness (QED) is 0.904. The molecule has 3 rings (SSSR count). The number of hydrogen-bond acceptors (Lipinski definition) is 2. The molecule has 1 aromatic rings. The monoisotopic (exact) mass is 293 g/mol. The molecule has 0 saturated heterocycles. The molecular formula is C17H24ClNO. The fourth-order valence-corrected chi connectivity index (χ4v) is 4.42. The SMILES string of the molecule is OC(Cc1ccncc1Cl)C1CCC2CCCCC2C1. The second-order valence-electron chi connectivity index (χ2n) is 6.62. The summed E-state index contributed by atoms with van der Waals surface area (Å²) in [5.74, 6) is 2.26. The third-order valence-corrected chi connectivity index (χ3v) is 5.75. The van der Waals surface area contributed by atoms with Gasteiger partial charge in [0.1, 0.15) is 0 Å². The molecule has 1 heterocycles. The van der Waals surface area contributed by atoms with Gasteiger partial charge >= 0.3 is 0 Å². The minimum absolute atomic E-state index is 0.252. The van der Waals surface area contributed by atoms with Crippen LogP contribution in [0.2, 0.25) is 5.02 Å². The van der Waals surface area contributed by atoms with Gasteiger partial charge in [0.25, 0.3) is 0 Å². The van der Waals surface area contributed by atoms with Crippen molar-refractivity contribution in [1.29, 1.82) is 0 Å². The summed E-state index contributed by atoms with van der Waals surface area (Å²) in [6, 6.07) is 1.93. The summed E-state index contributed by atoms with van der Waals surface area (Å²) in [6.07, 6.45) is 13.2. The molecule has 0 bridgehead atoms. The Hall–Kier alpha value is -0.600. The predicted molar refractivity (Wildman–Crippen MR) is 81.7 cm³/mol. The number of nitrogens with zero attached hydrogens (tertiary/aromatic N) is 1. The maximum atomic E-state index is 10.6. The van der Waals surface area contributed by atoms with Crippen LogP contribution in [0.5, 0.6) is 0 Å². The van der Waals surface area contributed by atoms with E-state index in [1.165, 1.54) is 44.9 Å². The van der Waals surface area contributed by atoms with Gasteiger partial charge in [-0.05, 0) is 48.6 Å². The molecule has 2 nitrogen and oxygen atoms in total. The third-order valence-electron chi connectivity index (χ3n) is 5.41. The molecule has 0 aliphatic heterocycles. The molecule has 3 heteroatoms. The largest absolute Gasteiger partial charge is 0.392 e. The maximum absolute atomic E-state index is 10.6. The fourth-order valence-electron chi connectivity index (χ4n) is 4.22. The average molecular weight is 294 g/mol. The van der Waals surface area contributed by atoms with Gasteiger partial charge in [-0.3, -0.25) is 4.98 Å². The molecule has 0 amide bonds. The van der Waals surface area contributed by atoms with Gasteiger partial charge in [-0.2, -0.15) is 0 Å². The van der Waals surface area contributed by atoms with Crippen molar-refractivity contribution in [3.63, 3.8) is 0 Å². The average Bonchev–Trinajstić information content (AvgIpc) is 2.49. The van der Waals surface area contributed by atoms with Gasteiger partial charge in [-0.1, -0.05) is 37.3 Å². The highest BCUT2D eigenvalue weighted by atomic mass is 35.5. The minimum Gasteiger partial charge on any atom is -0.392 e. The topological polar surface area (TPSA) is 33.1 Å². The second kappa shape index (κ2) is 6.44. The van der Waals surface area contributed by atoms with Gasteiger partial charge in [0, 0.05) is 18.8 Å². The van der Waals surface area contributed by atoms with Crippen LogP contribution in [-0.4, -0.2) is 16.2 Å². The molecule has 0 spiro atoms. The molecule has 0 aromatic carbocycles. The molecule has 2 saturated carbocycles. The summed E-state index contributed by atoms with van der Waals surface area (Å²) >= 11 is 6.14. The maximum Gasteiger partial charge on any atom is 0.0622 e. The number of halogens is 1. The highest BCUT2D eigenvalue weighted by Gasteiger charge is 2.34. The molecule has 2 aliphatic carbocycles. The van der Waals surface area contributed by atoms with E-state index < -0.39 is 0 Å². The van der Waals surface area contributed by atoms with Crippen molar-refractivity contribution >= 4 is 11.6 Å². The molecule has 2 fully saturated rings. The van der Waals surface area contributed by atoms with Crippen LogP contribution in [-0.2, 0) is 6.42 Å². The molecule has 1 aromatic heterocycles. The summed E-state index contributed by atoms with van der Waals surface area (Å²) in [5, 5.41) is 11.2. The number of aromatic nitrogens is 1. The van der Waals surface area contributed by atoms with E-state index in [1.54, 1.807) is 12.4 Å². The van der Waals surface area contributed by atoms with Crippen molar-refractivity contribution < 1.29 is 5.11 Å². The van der Waals surface area contributed by atoms with Crippen LogP contribution in [0.15, 0.2) is 18.5 Å². The Labute approximate surface area is 126 Å². The Kier molecular flexibility index (Phi) is 4.62. The number of aliphatic hydroxyl groups excluding tert-OH is 1. The van der Waals surface area contributed by atoms with Crippen LogP contribution in [0.4, 0.5) is 0 Å². The number of hydrogen-bond donors (Lipinski definition) is 1. The van der Waals surface area contributed by atoms with E-state index in [0.29, 0.717) is 17.4 Å². The van der Waals surface area contributed by atoms with E-state index in [4.69, 9.17) is 11.6 Å². The van der Waals surface area contributed by atoms with Gasteiger partial charge in [0.15, 0.2) is 0 Å². The van der Waals surface area contributed by atoms with Crippen molar-refractivity contribution in [1.82, 2.24) is 4.98 Å². The Morgan fingerprint density at radius 3 is 2.80 bits per heavy atom. The zero-order valence-electron chi connectivity index (χ0n) is 12.0. The van der Waals surface area contributed by atoms with Crippen LogP contribution in [0, 0.1) is 17.8 Å². The molecular weight excluding hydrogens is 270 g/mol. The van der Waals surface area contributed by atoms with Gasteiger partial charge in [0.05, 0.1) is 11.1 Å². The van der Waals surface area contributed by atoms with Crippen LogP contribution in [0.1, 0.15) is 50.5 Å². The lowest BCUT2D eigenvalue weighted by molar-refractivity contribution is 0.0361. The highest BCUT2D eigenvalue weighted by Crippen LogP contribution is 2.43. The van der Waals surface area contributed by atoms with E-state index >= 15 is 0 Å². The lowest BCUT2D eigenvalue weighted by atomic mass is 9.66. The van der Waals surface area contributed by atoms with Crippen molar-refractivity contribution in [2.75, 3.05) is 0 Å². The minimum atomic E-state index is -0.252. The van der Waals surface area contributed by atoms with Crippen LogP contribution in [0.3, 0.4) is 0 Å². The molecule has 4 unspecified atom stereocenters. The van der Waals surface area contributed by atoms with Gasteiger partial charge in [-0.15, -0.1) is 0 Å². The lowest BCUT2D eigenvalue weighted by Gasteiger charge is -2.40. The number of fused-ring (bicyclic) bond motifs is 1. The van der Waals surface area contributed by atoms with Crippen LogP contribution in [0.25, 0.3) is 0 Å². The zero-order chi connectivity index (χ0) is 13.9. The standard InChI is InChI=1S/C17H24ClNO/c18-16-11-19-8-7-14(16)10-17(20)15-6-5-12-3-1-2-4-13(12)9-15/h7-8,11-13,15,17,20H,1-6,9-10H2. The van der Waals surface area contributed by atoms with E-state index in [9.17, 15) is 5.11 Å². The van der Waals surface area contributed by atoms with Crippen LogP contribution >= 0.6 is 11.6 Å². The molecule has 110 valence electrons. The van der Waals surface area contributed by atoms with Crippen molar-refractivity contribution in [2.24, 2.45) is 17.8 Å². The lowest BCUT2D eigenvalue weighted by Crippen LogP contribution is -2.34. The van der Waals surface area contributed by atoms with Crippen molar-refractivity contribution in [3.8, 4) is 0 Å². The summed E-state index contributed by atoms with van der Waals surface area (Å²) < 4.78 is 0. The number of rotatable bonds is 3. The number of pyridine rings is 1. The predicted octanol–water partition coefficient (Wildman–Crippen LogP) is 4.24. The number of aliphatic hydroxyl groups is 1. The second-order valence-corrected chi connectivity index (χ2v) is 7.02. The third kappa shape index (κ3) is 3.17. The fraction of sp³-hybridized carbons (Fsp3) is 0.706. The Morgan fingerprint density at radius 1 is 1.20 bits per heavy atom. The molecule has 20 heavy (non-hydrogen) atoms. The normalized spacial score (nSPS) is 31.6. The van der Waals surface area contributed by atoms with E-state index in [1.807, 2.05) is 6.07 Å². The van der Waals surface area contributed by atoms with Gasteiger partial charge in [0.2, 0.25) is 0 Å². The van der Waals surface area contributed by atoms with Gasteiger partial charge < -0.3 is 5.11 Å². The Balaban J connectivity index is 1.60. The van der Waals surface area contributed by atoms with Crippen LogP contribution < -0.4 is 0 Å². The van der Waals surface area contributed by atoms with E-state index in [-0.39, 0.29) is 6.10 Å². The van der Waals surface area contributed by atoms with Gasteiger partial charge in [-0.25, -0.2) is 0 Å². The highest BCUT2D eigenvalue weighted by molar-refractivity contribution is 6.31. The first-order chi connectivity index (χ1) is 9.74. The molecule has 2 aliphatic rings. The summed E-state index contributed by atoms with van der Waals surface area (Å²) in [7, 11) is 0. The van der Waals surface area contributed by atoms with Crippen molar-refractivity contribution in [2.45, 2.75) is 57.5 Å².